The number of allylic oxidation sites excluding steroid dienone is 1. The highest BCUT2D eigenvalue weighted by Gasteiger charge is 2.65. The number of ether oxygens (including phenoxy) is 6. The molecule has 6 rings (SSSR count). The first-order valence-electron chi connectivity index (χ1n) is 21.5. The molecule has 6 atom stereocenters. The molecule has 1 fully saturated rings. The molecule has 3 aromatic rings. The molecule has 0 radical (unpaired) electrons. The largest absolute Gasteiger partial charge is 0.497 e. The van der Waals surface area contributed by atoms with Crippen molar-refractivity contribution >= 4 is 23.6 Å². The number of nitrogens with zero attached hydrogens (tertiary/aromatic N) is 2. The van der Waals surface area contributed by atoms with Gasteiger partial charge in [-0.1, -0.05) is 67.4 Å². The number of fused-ring (bicyclic) bond motifs is 2. The smallest absolute Gasteiger partial charge is 0.417 e. The van der Waals surface area contributed by atoms with Gasteiger partial charge in [-0.3, -0.25) is 10.2 Å². The Morgan fingerprint density at radius 3 is 2.42 bits per heavy atom. The summed E-state index contributed by atoms with van der Waals surface area (Å²) in [6.07, 6.45) is 7.88. The molecule has 3 N–H and O–H groups in total. The van der Waals surface area contributed by atoms with Gasteiger partial charge in [0, 0.05) is 43.7 Å². The van der Waals surface area contributed by atoms with Crippen LogP contribution in [0, 0.1) is 17.8 Å². The number of oxime groups is 1. The average molecular weight is 856 g/mol. The van der Waals surface area contributed by atoms with Crippen LogP contribution in [0.1, 0.15) is 75.3 Å². The molecule has 1 aliphatic heterocycles. The van der Waals surface area contributed by atoms with E-state index < -0.39 is 29.9 Å². The molecule has 1 saturated carbocycles. The van der Waals surface area contributed by atoms with Gasteiger partial charge >= 0.3 is 12.2 Å². The Bertz CT molecular complexity index is 2040. The molecule has 62 heavy (non-hydrogen) atoms. The molecule has 6 unspecified atom stereocenters. The molecule has 3 aromatic carbocycles. The molecule has 0 spiro atoms. The van der Waals surface area contributed by atoms with E-state index in [2.05, 4.69) is 18.0 Å². The van der Waals surface area contributed by atoms with Crippen molar-refractivity contribution in [3.63, 3.8) is 0 Å². The third-order valence-electron chi connectivity index (χ3n) is 12.0. The van der Waals surface area contributed by atoms with Crippen molar-refractivity contribution in [2.24, 2.45) is 22.9 Å². The van der Waals surface area contributed by atoms with Gasteiger partial charge in [-0.05, 0) is 85.4 Å². The number of hydrogen-bond donors (Lipinski definition) is 3. The summed E-state index contributed by atoms with van der Waals surface area (Å²) in [6, 6.07) is 19.4. The lowest BCUT2D eigenvalue weighted by molar-refractivity contribution is -0.255. The van der Waals surface area contributed by atoms with Crippen molar-refractivity contribution in [1.29, 1.82) is 0 Å². The van der Waals surface area contributed by atoms with Gasteiger partial charge in [0.1, 0.15) is 35.6 Å². The Morgan fingerprint density at radius 1 is 0.968 bits per heavy atom. The van der Waals surface area contributed by atoms with Crippen LogP contribution in [0.15, 0.2) is 96.2 Å². The van der Waals surface area contributed by atoms with Crippen LogP contribution in [0.4, 0.5) is 15.3 Å². The summed E-state index contributed by atoms with van der Waals surface area (Å²) in [4.78, 5) is 35.2. The first-order chi connectivity index (χ1) is 30.2. The van der Waals surface area contributed by atoms with Gasteiger partial charge in [0.05, 0.1) is 45.3 Å². The molecular formula is C48H61N3O11. The highest BCUT2D eigenvalue weighted by Crippen LogP contribution is 2.62. The third-order valence-corrected chi connectivity index (χ3v) is 12.0. The lowest BCUT2D eigenvalue weighted by atomic mass is 9.55. The summed E-state index contributed by atoms with van der Waals surface area (Å²) in [5.74, 6) is -0.555. The van der Waals surface area contributed by atoms with E-state index in [1.165, 1.54) is 14.2 Å². The molecule has 2 aliphatic carbocycles. The van der Waals surface area contributed by atoms with Gasteiger partial charge in [0.25, 0.3) is 0 Å². The number of aliphatic hydroxyl groups is 2. The van der Waals surface area contributed by atoms with Gasteiger partial charge in [-0.25, -0.2) is 9.59 Å². The molecule has 0 bridgehead atoms. The standard InChI is InChI=1S/C48H61N3O11/c1-6-23-51(47(55)58-5)43-30-40(50-60-31-32-15-9-8-10-16-32)37-27-33(17-11-13-24-52)36(18-12-14-25-53)44-38-28-35(20-22-41(38)62-48(43,45(37)44)59-26-7-2)61-46(54)49-39-21-19-34(56-3)29-42(39)57-4/h7-10,15-16,19-22,27-29,33,36,43-45,52-53H,2,6,11-14,17-18,23-26,30-31H2,1,3-5H3,(H,49,54). The lowest BCUT2D eigenvalue weighted by Crippen LogP contribution is -2.70. The Kier molecular flexibility index (Phi) is 16.3. The van der Waals surface area contributed by atoms with E-state index in [1.807, 2.05) is 43.3 Å². The van der Waals surface area contributed by atoms with Crippen molar-refractivity contribution in [3.8, 4) is 23.0 Å². The maximum atomic E-state index is 13.9. The molecule has 0 saturated heterocycles. The number of carbonyl (C=O) groups is 2. The number of aliphatic hydroxyl groups excluding tert-OH is 2. The number of amides is 2. The van der Waals surface area contributed by atoms with E-state index in [4.69, 9.17) is 38.4 Å². The van der Waals surface area contributed by atoms with Gasteiger partial charge in [-0.15, -0.1) is 6.58 Å². The van der Waals surface area contributed by atoms with Crippen molar-refractivity contribution < 1.29 is 53.1 Å². The van der Waals surface area contributed by atoms with Crippen molar-refractivity contribution in [1.82, 2.24) is 4.90 Å². The number of carbonyl (C=O) groups excluding carboxylic acids is 2. The second kappa shape index (κ2) is 22.0. The van der Waals surface area contributed by atoms with E-state index in [1.54, 1.807) is 48.4 Å². The predicted octanol–water partition coefficient (Wildman–Crippen LogP) is 8.63. The Hall–Kier alpha value is -5.57. The first-order valence-corrected chi connectivity index (χ1v) is 21.5. The van der Waals surface area contributed by atoms with Crippen LogP contribution < -0.4 is 24.3 Å². The zero-order valence-electron chi connectivity index (χ0n) is 36.3. The molecule has 2 amide bonds. The molecule has 14 heteroatoms. The average Bonchev–Trinajstić information content (AvgIpc) is 3.29. The van der Waals surface area contributed by atoms with Crippen LogP contribution in [0.3, 0.4) is 0 Å². The number of rotatable bonds is 21. The summed E-state index contributed by atoms with van der Waals surface area (Å²) in [6.45, 7) is 6.82. The van der Waals surface area contributed by atoms with Gasteiger partial charge in [0.2, 0.25) is 5.79 Å². The van der Waals surface area contributed by atoms with Gasteiger partial charge in [0.15, 0.2) is 0 Å². The van der Waals surface area contributed by atoms with Crippen LogP contribution in [0.25, 0.3) is 0 Å². The van der Waals surface area contributed by atoms with Gasteiger partial charge in [-0.2, -0.15) is 0 Å². The van der Waals surface area contributed by atoms with Crippen molar-refractivity contribution in [2.45, 2.75) is 82.6 Å². The normalized spacial score (nSPS) is 22.8. The number of benzene rings is 3. The number of nitrogens with one attached hydrogen (secondary N) is 1. The van der Waals surface area contributed by atoms with Crippen molar-refractivity contribution in [3.05, 3.63) is 102 Å². The summed E-state index contributed by atoms with van der Waals surface area (Å²) >= 11 is 0. The van der Waals surface area contributed by atoms with E-state index in [9.17, 15) is 19.8 Å². The Morgan fingerprint density at radius 2 is 1.73 bits per heavy atom. The number of anilines is 1. The summed E-state index contributed by atoms with van der Waals surface area (Å²) in [5, 5.41) is 27.5. The molecule has 1 heterocycles. The molecule has 334 valence electrons. The molecule has 14 nitrogen and oxygen atoms in total. The maximum absolute atomic E-state index is 13.9. The maximum Gasteiger partial charge on any atom is 0.417 e. The Balaban J connectivity index is 1.52. The zero-order valence-corrected chi connectivity index (χ0v) is 36.3. The second-order valence-corrected chi connectivity index (χ2v) is 15.8. The minimum atomic E-state index is -1.45. The topological polar surface area (TPSA) is 167 Å². The minimum Gasteiger partial charge on any atom is -0.497 e. The zero-order chi connectivity index (χ0) is 44.1. The number of unbranched alkanes of at least 4 members (excludes halogenated alkanes) is 2. The second-order valence-electron chi connectivity index (χ2n) is 15.8. The van der Waals surface area contributed by atoms with E-state index in [-0.39, 0.29) is 56.4 Å². The van der Waals surface area contributed by atoms with E-state index in [0.717, 1.165) is 42.4 Å². The van der Waals surface area contributed by atoms with Crippen LogP contribution in [-0.4, -0.2) is 92.5 Å². The fraction of sp³-hybridized carbons (Fsp3) is 0.479. The predicted molar refractivity (Wildman–Crippen MR) is 235 cm³/mol. The van der Waals surface area contributed by atoms with Crippen LogP contribution in [0.2, 0.25) is 0 Å². The summed E-state index contributed by atoms with van der Waals surface area (Å²) < 4.78 is 36.4. The fourth-order valence-electron chi connectivity index (χ4n) is 9.35. The van der Waals surface area contributed by atoms with Crippen LogP contribution >= 0.6 is 0 Å². The lowest BCUT2D eigenvalue weighted by Gasteiger charge is -2.59. The first kappa shape index (κ1) is 45.9. The van der Waals surface area contributed by atoms with E-state index >= 15 is 0 Å². The van der Waals surface area contributed by atoms with Crippen LogP contribution in [-0.2, 0) is 20.9 Å². The van der Waals surface area contributed by atoms with Crippen LogP contribution in [0.5, 0.6) is 23.0 Å². The third kappa shape index (κ3) is 10.2. The molecule has 3 aliphatic rings. The quantitative estimate of drug-likeness (QED) is 0.0533. The van der Waals surface area contributed by atoms with Gasteiger partial charge < -0.3 is 43.5 Å². The monoisotopic (exact) mass is 855 g/mol. The number of hydrogen-bond acceptors (Lipinski definition) is 12. The highest BCUT2D eigenvalue weighted by atomic mass is 16.7. The number of methoxy groups -OCH3 is 3. The summed E-state index contributed by atoms with van der Waals surface area (Å²) in [5.41, 5.74) is 3.71. The fourth-order valence-corrected chi connectivity index (χ4v) is 9.35. The molecular weight excluding hydrogens is 795 g/mol. The summed E-state index contributed by atoms with van der Waals surface area (Å²) in [7, 11) is 4.42. The Labute approximate surface area is 364 Å². The van der Waals surface area contributed by atoms with Crippen molar-refractivity contribution in [2.75, 3.05) is 53.0 Å². The highest BCUT2D eigenvalue weighted by molar-refractivity contribution is 6.03. The minimum absolute atomic E-state index is 0.0122. The van der Waals surface area contributed by atoms with E-state index in [0.29, 0.717) is 54.5 Å². The SMILES string of the molecule is C=CCOC12Oc3ccc(OC(=O)Nc4ccc(OC)cc4OC)cc3C3C(CCCCO)C(CCCCO)C=C(C(=NOCc4ccccc4)CC1N(CCC)C(=O)OC)C32. The molecule has 0 aromatic heterocycles.